The van der Waals surface area contributed by atoms with E-state index in [-0.39, 0.29) is 17.5 Å². The molecule has 0 saturated heterocycles. The second-order valence-electron chi connectivity index (χ2n) is 3.41. The number of benzene rings is 1. The minimum Gasteiger partial charge on any atom is -0.469 e. The third-order valence-electron chi connectivity index (χ3n) is 2.29. The highest BCUT2D eigenvalue weighted by Crippen LogP contribution is 2.18. The van der Waals surface area contributed by atoms with Crippen molar-refractivity contribution >= 4 is 17.6 Å². The number of hydrogen-bond acceptors (Lipinski definition) is 3. The van der Waals surface area contributed by atoms with Gasteiger partial charge in [-0.2, -0.15) is 0 Å². The van der Waals surface area contributed by atoms with Gasteiger partial charge < -0.3 is 10.5 Å². The van der Waals surface area contributed by atoms with Gasteiger partial charge >= 0.3 is 5.97 Å². The van der Waals surface area contributed by atoms with Crippen LogP contribution in [0.5, 0.6) is 0 Å². The highest BCUT2D eigenvalue weighted by atomic mass is 35.5. The highest BCUT2D eigenvalue weighted by molar-refractivity contribution is 6.30. The zero-order valence-corrected chi connectivity index (χ0v) is 9.63. The van der Waals surface area contributed by atoms with E-state index < -0.39 is 11.7 Å². The van der Waals surface area contributed by atoms with Crippen molar-refractivity contribution in [1.29, 1.82) is 0 Å². The summed E-state index contributed by atoms with van der Waals surface area (Å²) in [6.07, 6.45) is 0.392. The van der Waals surface area contributed by atoms with E-state index in [1.54, 1.807) is 6.07 Å². The monoisotopic (exact) mass is 245 g/mol. The van der Waals surface area contributed by atoms with Crippen molar-refractivity contribution in [3.63, 3.8) is 0 Å². The summed E-state index contributed by atoms with van der Waals surface area (Å²) in [6, 6.07) is 4.33. The molecule has 16 heavy (non-hydrogen) atoms. The van der Waals surface area contributed by atoms with Crippen molar-refractivity contribution in [2.75, 3.05) is 13.7 Å². The van der Waals surface area contributed by atoms with Gasteiger partial charge in [-0.15, -0.1) is 0 Å². The molecule has 88 valence electrons. The largest absolute Gasteiger partial charge is 0.469 e. The Labute approximate surface area is 98.3 Å². The van der Waals surface area contributed by atoms with E-state index in [2.05, 4.69) is 4.74 Å². The van der Waals surface area contributed by atoms with Crippen molar-refractivity contribution in [3.8, 4) is 0 Å². The lowest BCUT2D eigenvalue weighted by Gasteiger charge is -2.12. The molecule has 1 atom stereocenters. The van der Waals surface area contributed by atoms with Crippen LogP contribution in [-0.4, -0.2) is 19.6 Å². The fraction of sp³-hybridized carbons (Fsp3) is 0.364. The molecule has 0 bridgehead atoms. The molecule has 0 radical (unpaired) electrons. The van der Waals surface area contributed by atoms with Gasteiger partial charge in [-0.1, -0.05) is 17.7 Å². The Morgan fingerprint density at radius 3 is 2.81 bits per heavy atom. The summed E-state index contributed by atoms with van der Waals surface area (Å²) in [5.41, 5.74) is 6.21. The van der Waals surface area contributed by atoms with Crippen molar-refractivity contribution in [3.05, 3.63) is 34.6 Å². The zero-order chi connectivity index (χ0) is 12.1. The standard InChI is InChI=1S/C11H13ClFNO2/c1-16-11(15)8(6-14)4-7-2-3-10(13)9(12)5-7/h2-3,5,8H,4,6,14H2,1H3. The van der Waals surface area contributed by atoms with Gasteiger partial charge in [0.2, 0.25) is 0 Å². The molecule has 1 aromatic rings. The van der Waals surface area contributed by atoms with E-state index in [1.165, 1.54) is 19.2 Å². The Morgan fingerprint density at radius 2 is 2.31 bits per heavy atom. The van der Waals surface area contributed by atoms with Crippen molar-refractivity contribution in [1.82, 2.24) is 0 Å². The molecule has 0 saturated carbocycles. The first kappa shape index (κ1) is 12.9. The highest BCUT2D eigenvalue weighted by Gasteiger charge is 2.18. The predicted octanol–water partition coefficient (Wildman–Crippen LogP) is 1.77. The molecule has 1 aromatic carbocycles. The summed E-state index contributed by atoms with van der Waals surface area (Å²) in [4.78, 5) is 11.3. The van der Waals surface area contributed by atoms with Gasteiger partial charge in [0.1, 0.15) is 5.82 Å². The van der Waals surface area contributed by atoms with Crippen LogP contribution < -0.4 is 5.73 Å². The molecule has 0 heterocycles. The van der Waals surface area contributed by atoms with Crippen LogP contribution in [0.1, 0.15) is 5.56 Å². The third-order valence-corrected chi connectivity index (χ3v) is 2.57. The number of rotatable bonds is 4. The van der Waals surface area contributed by atoms with Crippen LogP contribution in [0.15, 0.2) is 18.2 Å². The van der Waals surface area contributed by atoms with E-state index >= 15 is 0 Å². The first-order valence-corrected chi connectivity index (χ1v) is 5.18. The van der Waals surface area contributed by atoms with Crippen LogP contribution in [0.2, 0.25) is 5.02 Å². The van der Waals surface area contributed by atoms with Gasteiger partial charge in [-0.05, 0) is 24.1 Å². The maximum atomic E-state index is 12.9. The van der Waals surface area contributed by atoms with E-state index in [0.717, 1.165) is 5.56 Å². The molecule has 1 rings (SSSR count). The second kappa shape index (κ2) is 5.82. The van der Waals surface area contributed by atoms with Crippen molar-refractivity contribution in [2.45, 2.75) is 6.42 Å². The molecule has 0 amide bonds. The lowest BCUT2D eigenvalue weighted by atomic mass is 9.99. The van der Waals surface area contributed by atoms with E-state index in [4.69, 9.17) is 17.3 Å². The normalized spacial score (nSPS) is 12.2. The number of ether oxygens (including phenoxy) is 1. The van der Waals surface area contributed by atoms with Gasteiger partial charge in [-0.25, -0.2) is 4.39 Å². The number of nitrogens with two attached hydrogens (primary N) is 1. The van der Waals surface area contributed by atoms with Gasteiger partial charge in [0.15, 0.2) is 0 Å². The van der Waals surface area contributed by atoms with Crippen molar-refractivity contribution < 1.29 is 13.9 Å². The van der Waals surface area contributed by atoms with Gasteiger partial charge in [0.05, 0.1) is 18.1 Å². The summed E-state index contributed by atoms with van der Waals surface area (Å²) in [5.74, 6) is -1.28. The lowest BCUT2D eigenvalue weighted by Crippen LogP contribution is -2.26. The van der Waals surface area contributed by atoms with Crippen LogP contribution >= 0.6 is 11.6 Å². The second-order valence-corrected chi connectivity index (χ2v) is 3.82. The molecule has 0 fully saturated rings. The minimum atomic E-state index is -0.479. The first-order valence-electron chi connectivity index (χ1n) is 4.80. The number of hydrogen-bond donors (Lipinski definition) is 1. The molecule has 0 spiro atoms. The van der Waals surface area contributed by atoms with Crippen LogP contribution in [0, 0.1) is 11.7 Å². The van der Waals surface area contributed by atoms with Crippen LogP contribution in [0.3, 0.4) is 0 Å². The lowest BCUT2D eigenvalue weighted by molar-refractivity contribution is -0.145. The molecule has 0 aliphatic heterocycles. The van der Waals surface area contributed by atoms with E-state index in [9.17, 15) is 9.18 Å². The van der Waals surface area contributed by atoms with Crippen LogP contribution in [0.25, 0.3) is 0 Å². The molecular formula is C11H13ClFNO2. The summed E-state index contributed by atoms with van der Waals surface area (Å²) >= 11 is 5.63. The number of methoxy groups -OCH3 is 1. The fourth-order valence-electron chi connectivity index (χ4n) is 1.38. The van der Waals surface area contributed by atoms with Crippen molar-refractivity contribution in [2.24, 2.45) is 11.7 Å². The number of carbonyl (C=O) groups is 1. The number of esters is 1. The van der Waals surface area contributed by atoms with Gasteiger partial charge in [0.25, 0.3) is 0 Å². The summed E-state index contributed by atoms with van der Waals surface area (Å²) in [5, 5.41) is 0.0399. The SMILES string of the molecule is COC(=O)C(CN)Cc1ccc(F)c(Cl)c1. The molecule has 2 N–H and O–H groups in total. The minimum absolute atomic E-state index is 0.0399. The predicted molar refractivity (Wildman–Crippen MR) is 59.7 cm³/mol. The molecule has 0 aromatic heterocycles. The Morgan fingerprint density at radius 1 is 1.62 bits per heavy atom. The van der Waals surface area contributed by atoms with E-state index in [1.807, 2.05) is 0 Å². The van der Waals surface area contributed by atoms with Gasteiger partial charge in [0, 0.05) is 6.54 Å². The molecule has 0 aliphatic rings. The Kier molecular flexibility index (Phi) is 4.71. The molecule has 5 heteroatoms. The quantitative estimate of drug-likeness (QED) is 0.823. The molecule has 0 aliphatic carbocycles. The topological polar surface area (TPSA) is 52.3 Å². The van der Waals surface area contributed by atoms with E-state index in [0.29, 0.717) is 6.42 Å². The first-order chi connectivity index (χ1) is 7.58. The maximum absolute atomic E-state index is 12.9. The maximum Gasteiger partial charge on any atom is 0.310 e. The summed E-state index contributed by atoms with van der Waals surface area (Å²) in [7, 11) is 1.31. The average molecular weight is 246 g/mol. The van der Waals surface area contributed by atoms with Gasteiger partial charge in [-0.3, -0.25) is 4.79 Å². The third kappa shape index (κ3) is 3.18. The smallest absolute Gasteiger partial charge is 0.310 e. The summed E-state index contributed by atoms with van der Waals surface area (Å²) < 4.78 is 17.5. The fourth-order valence-corrected chi connectivity index (χ4v) is 1.58. The Bertz CT molecular complexity index is 384. The number of carbonyl (C=O) groups excluding carboxylic acids is 1. The Hall–Kier alpha value is -1.13. The number of halogens is 2. The zero-order valence-electron chi connectivity index (χ0n) is 8.87. The molecule has 1 unspecified atom stereocenters. The Balaban J connectivity index is 2.78. The molecule has 3 nitrogen and oxygen atoms in total. The van der Waals surface area contributed by atoms with Crippen LogP contribution in [-0.2, 0) is 16.0 Å². The average Bonchev–Trinajstić information content (AvgIpc) is 2.29. The van der Waals surface area contributed by atoms with Crippen LogP contribution in [0.4, 0.5) is 4.39 Å². The summed E-state index contributed by atoms with van der Waals surface area (Å²) in [6.45, 7) is 0.182. The molecular weight excluding hydrogens is 233 g/mol.